The Morgan fingerprint density at radius 3 is 1.88 bits per heavy atom. The Labute approximate surface area is 342 Å². The molecule has 1 N–H and O–H groups in total. The molecule has 0 bridgehead atoms. The summed E-state index contributed by atoms with van der Waals surface area (Å²) in [6.07, 6.45) is 27.5. The molecule has 3 aliphatic rings. The molecule has 0 radical (unpaired) electrons. The van der Waals surface area contributed by atoms with Gasteiger partial charge in [-0.2, -0.15) is 0 Å². The second-order valence-corrected chi connectivity index (χ2v) is 17.0. The highest BCUT2D eigenvalue weighted by Crippen LogP contribution is 2.45. The lowest BCUT2D eigenvalue weighted by Gasteiger charge is -2.38. The van der Waals surface area contributed by atoms with Crippen LogP contribution in [0.3, 0.4) is 0 Å². The van der Waals surface area contributed by atoms with Gasteiger partial charge in [0.1, 0.15) is 17.2 Å². The van der Waals surface area contributed by atoms with E-state index in [2.05, 4.69) is 25.6 Å². The number of rotatable bonds is 22. The van der Waals surface area contributed by atoms with Crippen molar-refractivity contribution >= 4 is 24.1 Å². The van der Waals surface area contributed by atoms with Crippen molar-refractivity contribution < 1.29 is 33.3 Å². The molecule has 0 spiro atoms. The van der Waals surface area contributed by atoms with Crippen molar-refractivity contribution in [2.75, 3.05) is 13.2 Å². The Hall–Kier alpha value is -3.94. The number of ether oxygens (including phenoxy) is 4. The van der Waals surface area contributed by atoms with Gasteiger partial charge < -0.3 is 24.4 Å². The highest BCUT2D eigenvalue weighted by atomic mass is 16.5. The van der Waals surface area contributed by atoms with Gasteiger partial charge in [-0.1, -0.05) is 70.9 Å². The minimum absolute atomic E-state index is 0.267. The minimum Gasteiger partial charge on any atom is -0.494 e. The van der Waals surface area contributed by atoms with Crippen molar-refractivity contribution in [3.63, 3.8) is 0 Å². The monoisotopic (exact) mass is 784 g/mol. The van der Waals surface area contributed by atoms with Crippen LogP contribution in [-0.2, 0) is 19.1 Å². The fourth-order valence-electron chi connectivity index (χ4n) is 9.47. The molecule has 8 nitrogen and oxygen atoms in total. The van der Waals surface area contributed by atoms with E-state index in [1.165, 1.54) is 108 Å². The molecular weight excluding hydrogens is 715 g/mol. The number of hydrogen-bond acceptors (Lipinski definition) is 8. The Balaban J connectivity index is 0.968. The molecule has 3 aliphatic carbocycles. The van der Waals surface area contributed by atoms with E-state index in [-0.39, 0.29) is 29.7 Å². The second-order valence-electron chi connectivity index (χ2n) is 17.0. The highest BCUT2D eigenvalue weighted by Gasteiger charge is 2.34. The predicted octanol–water partition coefficient (Wildman–Crippen LogP) is 12.1. The van der Waals surface area contributed by atoms with Crippen molar-refractivity contribution in [1.82, 2.24) is 0 Å². The normalized spacial score (nSPS) is 23.5. The third-order valence-corrected chi connectivity index (χ3v) is 13.1. The zero-order chi connectivity index (χ0) is 40.2. The first-order chi connectivity index (χ1) is 27.9. The summed E-state index contributed by atoms with van der Waals surface area (Å²) in [5.41, 5.74) is 1.92. The van der Waals surface area contributed by atoms with Crippen LogP contribution in [0, 0.1) is 35.0 Å². The van der Waals surface area contributed by atoms with Gasteiger partial charge in [-0.05, 0) is 156 Å². The van der Waals surface area contributed by atoms with Gasteiger partial charge >= 0.3 is 17.9 Å². The molecule has 0 unspecified atom stereocenters. The van der Waals surface area contributed by atoms with E-state index >= 15 is 0 Å². The van der Waals surface area contributed by atoms with E-state index in [0.29, 0.717) is 67.6 Å². The number of benzene rings is 2. The molecule has 0 amide bonds. The van der Waals surface area contributed by atoms with Crippen molar-refractivity contribution in [3.05, 3.63) is 66.2 Å². The SMILES string of the molecule is C=CC(=O)OCCCCCCOc1ccc(OC(=O)C2CCC(C(=O)Oc3ccc(C4CCC(C5CCC(CCCCCCC)CC5)CC4)cc3C=N)CC2)cc1. The first kappa shape index (κ1) is 44.2. The molecule has 0 aliphatic heterocycles. The van der Waals surface area contributed by atoms with Crippen molar-refractivity contribution in [2.45, 2.75) is 154 Å². The Morgan fingerprint density at radius 1 is 0.667 bits per heavy atom. The van der Waals surface area contributed by atoms with Crippen LogP contribution in [0.5, 0.6) is 17.2 Å². The average Bonchev–Trinajstić information content (AvgIpc) is 3.25. The summed E-state index contributed by atoms with van der Waals surface area (Å²) in [7, 11) is 0. The first-order valence-electron chi connectivity index (χ1n) is 22.5. The van der Waals surface area contributed by atoms with Gasteiger partial charge in [-0.25, -0.2) is 4.79 Å². The van der Waals surface area contributed by atoms with Crippen LogP contribution >= 0.6 is 0 Å². The summed E-state index contributed by atoms with van der Waals surface area (Å²) in [4.78, 5) is 37.3. The fourth-order valence-corrected chi connectivity index (χ4v) is 9.47. The maximum atomic E-state index is 13.3. The number of unbranched alkanes of at least 4 members (excludes halogenated alkanes) is 7. The molecule has 312 valence electrons. The minimum atomic E-state index is -0.389. The summed E-state index contributed by atoms with van der Waals surface area (Å²) in [5.74, 6) is 3.37. The van der Waals surface area contributed by atoms with Gasteiger partial charge in [-0.15, -0.1) is 0 Å². The lowest BCUT2D eigenvalue weighted by molar-refractivity contribution is -0.145. The standard InChI is InChI=1S/C49H69NO7/c1-3-5-6-7-10-13-36-14-16-37(17-15-36)38-18-20-39(21-19-38)42-26-31-46(43(34-42)35-50)57-49(53)41-24-22-40(23-25-41)48(52)56-45-29-27-44(28-30-45)54-32-11-8-9-12-33-55-47(51)4-2/h4,26-31,34-41,50H,2-3,5-25,32-33H2,1H3. The van der Waals surface area contributed by atoms with E-state index < -0.39 is 0 Å². The summed E-state index contributed by atoms with van der Waals surface area (Å²) < 4.78 is 22.4. The summed E-state index contributed by atoms with van der Waals surface area (Å²) in [5, 5.41) is 8.11. The van der Waals surface area contributed by atoms with Crippen LogP contribution in [0.15, 0.2) is 55.1 Å². The Morgan fingerprint density at radius 2 is 1.25 bits per heavy atom. The lowest BCUT2D eigenvalue weighted by Crippen LogP contribution is -2.30. The van der Waals surface area contributed by atoms with Crippen molar-refractivity contribution in [2.24, 2.45) is 29.6 Å². The van der Waals surface area contributed by atoms with Crippen LogP contribution in [0.1, 0.15) is 165 Å². The third-order valence-electron chi connectivity index (χ3n) is 13.1. The molecule has 57 heavy (non-hydrogen) atoms. The zero-order valence-corrected chi connectivity index (χ0v) is 34.7. The van der Waals surface area contributed by atoms with Crippen molar-refractivity contribution in [1.29, 1.82) is 5.41 Å². The first-order valence-corrected chi connectivity index (χ1v) is 22.5. The maximum absolute atomic E-state index is 13.3. The Bertz CT molecular complexity index is 1550. The van der Waals surface area contributed by atoms with E-state index in [1.54, 1.807) is 24.3 Å². The van der Waals surface area contributed by atoms with Gasteiger partial charge in [0.15, 0.2) is 0 Å². The molecule has 8 heteroatoms. The molecule has 0 aromatic heterocycles. The topological polar surface area (TPSA) is 112 Å². The molecular formula is C49H69NO7. The van der Waals surface area contributed by atoms with Gasteiger partial charge in [0.25, 0.3) is 0 Å². The number of carbonyl (C=O) groups is 3. The number of carbonyl (C=O) groups excluding carboxylic acids is 3. The van der Waals surface area contributed by atoms with Crippen LogP contribution in [0.25, 0.3) is 0 Å². The largest absolute Gasteiger partial charge is 0.494 e. The van der Waals surface area contributed by atoms with Gasteiger partial charge in [0.2, 0.25) is 0 Å². The smallest absolute Gasteiger partial charge is 0.330 e. The molecule has 3 saturated carbocycles. The third kappa shape index (κ3) is 14.4. The number of esters is 3. The molecule has 0 saturated heterocycles. The lowest BCUT2D eigenvalue weighted by atomic mass is 9.68. The number of nitrogens with one attached hydrogen (secondary N) is 1. The Kier molecular flexibility index (Phi) is 18.7. The molecule has 2 aromatic rings. The van der Waals surface area contributed by atoms with Gasteiger partial charge in [0.05, 0.1) is 25.0 Å². The van der Waals surface area contributed by atoms with E-state index in [4.69, 9.17) is 24.4 Å². The molecule has 0 atom stereocenters. The van der Waals surface area contributed by atoms with Crippen molar-refractivity contribution in [3.8, 4) is 17.2 Å². The summed E-state index contributed by atoms with van der Waals surface area (Å²) in [6, 6.07) is 13.1. The highest BCUT2D eigenvalue weighted by molar-refractivity contribution is 5.85. The van der Waals surface area contributed by atoms with Crippen LogP contribution < -0.4 is 14.2 Å². The quantitative estimate of drug-likeness (QED) is 0.0416. The zero-order valence-electron chi connectivity index (χ0n) is 34.7. The predicted molar refractivity (Wildman–Crippen MR) is 226 cm³/mol. The maximum Gasteiger partial charge on any atom is 0.330 e. The average molecular weight is 784 g/mol. The second kappa shape index (κ2) is 24.1. The molecule has 2 aromatic carbocycles. The number of hydrogen-bond donors (Lipinski definition) is 1. The van der Waals surface area contributed by atoms with E-state index in [0.717, 1.165) is 43.4 Å². The summed E-state index contributed by atoms with van der Waals surface area (Å²) in [6.45, 7) is 6.65. The van der Waals surface area contributed by atoms with E-state index in [9.17, 15) is 14.4 Å². The van der Waals surface area contributed by atoms with Gasteiger partial charge in [-0.3, -0.25) is 9.59 Å². The van der Waals surface area contributed by atoms with E-state index in [1.807, 2.05) is 6.07 Å². The van der Waals surface area contributed by atoms with Crippen LogP contribution in [-0.4, -0.2) is 37.3 Å². The van der Waals surface area contributed by atoms with Crippen LogP contribution in [0.4, 0.5) is 0 Å². The summed E-state index contributed by atoms with van der Waals surface area (Å²) >= 11 is 0. The van der Waals surface area contributed by atoms with Gasteiger partial charge in [0, 0.05) is 17.9 Å². The van der Waals surface area contributed by atoms with Crippen LogP contribution in [0.2, 0.25) is 0 Å². The molecule has 3 fully saturated rings. The molecule has 0 heterocycles. The molecule has 5 rings (SSSR count). The fraction of sp³-hybridized carbons (Fsp3) is 0.633.